The number of ketones is 1. The first-order chi connectivity index (χ1) is 9.13. The maximum atomic E-state index is 12.4. The van der Waals surface area contributed by atoms with Crippen LogP contribution >= 0.6 is 15.9 Å². The minimum absolute atomic E-state index is 0.190. The van der Waals surface area contributed by atoms with Crippen molar-refractivity contribution >= 4 is 21.7 Å². The van der Waals surface area contributed by atoms with Gasteiger partial charge in [-0.2, -0.15) is 5.26 Å². The zero-order valence-corrected chi connectivity index (χ0v) is 11.9. The second kappa shape index (κ2) is 5.77. The second-order valence-corrected chi connectivity index (χ2v) is 5.03. The third-order valence-corrected chi connectivity index (χ3v) is 3.76. The summed E-state index contributed by atoms with van der Waals surface area (Å²) in [6, 6.07) is 10.8. The average Bonchev–Trinajstić information content (AvgIpc) is 2.44. The van der Waals surface area contributed by atoms with E-state index in [4.69, 9.17) is 0 Å². The first-order valence-electron chi connectivity index (χ1n) is 5.73. The van der Waals surface area contributed by atoms with E-state index in [1.54, 1.807) is 36.7 Å². The lowest BCUT2D eigenvalue weighted by Gasteiger charge is -2.09. The molecule has 0 amide bonds. The van der Waals surface area contributed by atoms with Gasteiger partial charge < -0.3 is 0 Å². The van der Waals surface area contributed by atoms with E-state index in [9.17, 15) is 10.1 Å². The Morgan fingerprint density at radius 3 is 2.58 bits per heavy atom. The molecule has 0 radical (unpaired) electrons. The van der Waals surface area contributed by atoms with Gasteiger partial charge in [0.05, 0.1) is 6.07 Å². The molecule has 3 nitrogen and oxygen atoms in total. The summed E-state index contributed by atoms with van der Waals surface area (Å²) in [5.41, 5.74) is 2.18. The van der Waals surface area contributed by atoms with Crippen LogP contribution in [0.5, 0.6) is 0 Å². The molecule has 2 rings (SSSR count). The number of pyridine rings is 1. The van der Waals surface area contributed by atoms with Crippen molar-refractivity contribution in [3.8, 4) is 6.07 Å². The molecule has 94 valence electrons. The number of nitrogens with zero attached hydrogens (tertiary/aromatic N) is 2. The molecular weight excluding hydrogens is 304 g/mol. The van der Waals surface area contributed by atoms with Gasteiger partial charge in [0.2, 0.25) is 0 Å². The van der Waals surface area contributed by atoms with Gasteiger partial charge in [0.1, 0.15) is 5.92 Å². The van der Waals surface area contributed by atoms with Crippen molar-refractivity contribution < 1.29 is 4.79 Å². The van der Waals surface area contributed by atoms with Crippen LogP contribution < -0.4 is 0 Å². The number of carbonyl (C=O) groups excluding carboxylic acids is 1. The smallest absolute Gasteiger partial charge is 0.184 e. The molecule has 19 heavy (non-hydrogen) atoms. The van der Waals surface area contributed by atoms with E-state index in [2.05, 4.69) is 27.0 Å². The van der Waals surface area contributed by atoms with Crippen LogP contribution in [0.3, 0.4) is 0 Å². The molecule has 4 heteroatoms. The van der Waals surface area contributed by atoms with Crippen molar-refractivity contribution in [2.75, 3.05) is 0 Å². The molecule has 0 fully saturated rings. The molecule has 1 atom stereocenters. The van der Waals surface area contributed by atoms with E-state index < -0.39 is 5.92 Å². The van der Waals surface area contributed by atoms with Gasteiger partial charge in [0.15, 0.2) is 5.78 Å². The Hall–Kier alpha value is -1.99. The number of halogens is 1. The summed E-state index contributed by atoms with van der Waals surface area (Å²) in [5, 5.41) is 9.23. The highest BCUT2D eigenvalue weighted by molar-refractivity contribution is 9.10. The number of aromatic nitrogens is 1. The molecule has 2 aromatic rings. The van der Waals surface area contributed by atoms with Crippen molar-refractivity contribution in [2.45, 2.75) is 12.8 Å². The Morgan fingerprint density at radius 2 is 2.00 bits per heavy atom. The van der Waals surface area contributed by atoms with E-state index in [-0.39, 0.29) is 5.78 Å². The lowest BCUT2D eigenvalue weighted by atomic mass is 9.92. The largest absolute Gasteiger partial charge is 0.292 e. The highest BCUT2D eigenvalue weighted by Crippen LogP contribution is 2.23. The molecule has 1 unspecified atom stereocenters. The maximum Gasteiger partial charge on any atom is 0.184 e. The van der Waals surface area contributed by atoms with Crippen LogP contribution in [0, 0.1) is 18.3 Å². The Morgan fingerprint density at radius 1 is 1.32 bits per heavy atom. The lowest BCUT2D eigenvalue weighted by Crippen LogP contribution is -2.11. The molecule has 0 aliphatic heterocycles. The third kappa shape index (κ3) is 2.88. The number of rotatable bonds is 3. The summed E-state index contributed by atoms with van der Waals surface area (Å²) in [4.78, 5) is 16.3. The molecule has 0 bridgehead atoms. The van der Waals surface area contributed by atoms with Crippen LogP contribution in [-0.2, 0) is 0 Å². The summed E-state index contributed by atoms with van der Waals surface area (Å²) >= 11 is 3.39. The normalized spacial score (nSPS) is 11.6. The molecule has 0 saturated carbocycles. The van der Waals surface area contributed by atoms with Crippen LogP contribution in [0.1, 0.15) is 27.4 Å². The standard InChI is InChI=1S/C15H11BrN2O/c1-10-8-12(2-3-14(10)16)15(19)13(9-17)11-4-6-18-7-5-11/h2-8,13H,1H3. The van der Waals surface area contributed by atoms with Crippen LogP contribution in [0.2, 0.25) is 0 Å². The second-order valence-electron chi connectivity index (χ2n) is 4.17. The number of carbonyl (C=O) groups is 1. The molecular formula is C15H11BrN2O. The van der Waals surface area contributed by atoms with Crippen molar-refractivity contribution in [1.82, 2.24) is 4.98 Å². The van der Waals surface area contributed by atoms with E-state index in [1.165, 1.54) is 0 Å². The van der Waals surface area contributed by atoms with Gasteiger partial charge in [0.25, 0.3) is 0 Å². The molecule has 1 aromatic carbocycles. The topological polar surface area (TPSA) is 53.8 Å². The summed E-state index contributed by atoms with van der Waals surface area (Å²) in [6.07, 6.45) is 3.17. The molecule has 0 aliphatic rings. The fourth-order valence-electron chi connectivity index (χ4n) is 1.81. The minimum Gasteiger partial charge on any atom is -0.292 e. The van der Waals surface area contributed by atoms with Crippen molar-refractivity contribution in [3.05, 3.63) is 63.9 Å². The summed E-state index contributed by atoms with van der Waals surface area (Å²) < 4.78 is 0.946. The average molecular weight is 315 g/mol. The first kappa shape index (κ1) is 13.4. The molecule has 0 saturated heterocycles. The third-order valence-electron chi connectivity index (χ3n) is 2.87. The molecule has 0 N–H and O–H groups in total. The van der Waals surface area contributed by atoms with Gasteiger partial charge in [-0.15, -0.1) is 0 Å². The van der Waals surface area contributed by atoms with E-state index in [0.29, 0.717) is 11.1 Å². The summed E-state index contributed by atoms with van der Waals surface area (Å²) in [7, 11) is 0. The number of Topliss-reactive ketones (excluding diaryl/α,β-unsaturated/α-hetero) is 1. The van der Waals surface area contributed by atoms with Gasteiger partial charge in [0, 0.05) is 22.4 Å². The highest BCUT2D eigenvalue weighted by Gasteiger charge is 2.21. The lowest BCUT2D eigenvalue weighted by molar-refractivity contribution is 0.0979. The van der Waals surface area contributed by atoms with Crippen molar-refractivity contribution in [1.29, 1.82) is 5.26 Å². The SMILES string of the molecule is Cc1cc(C(=O)C(C#N)c2ccncc2)ccc1Br. The molecule has 1 aromatic heterocycles. The van der Waals surface area contributed by atoms with Crippen LogP contribution in [0.4, 0.5) is 0 Å². The summed E-state index contributed by atoms with van der Waals surface area (Å²) in [6.45, 7) is 1.91. The Kier molecular flexibility index (Phi) is 4.08. The zero-order valence-electron chi connectivity index (χ0n) is 10.3. The monoisotopic (exact) mass is 314 g/mol. The van der Waals surface area contributed by atoms with Gasteiger partial charge in [-0.05, 0) is 42.3 Å². The Balaban J connectivity index is 2.37. The minimum atomic E-state index is -0.788. The van der Waals surface area contributed by atoms with E-state index in [0.717, 1.165) is 10.0 Å². The van der Waals surface area contributed by atoms with Crippen LogP contribution in [0.15, 0.2) is 47.2 Å². The predicted molar refractivity (Wildman–Crippen MR) is 75.8 cm³/mol. The van der Waals surface area contributed by atoms with Gasteiger partial charge in [-0.25, -0.2) is 0 Å². The number of benzene rings is 1. The molecule has 0 aliphatic carbocycles. The number of hydrogen-bond acceptors (Lipinski definition) is 3. The fourth-order valence-corrected chi connectivity index (χ4v) is 2.05. The Labute approximate surface area is 120 Å². The van der Waals surface area contributed by atoms with Gasteiger partial charge >= 0.3 is 0 Å². The summed E-state index contributed by atoms with van der Waals surface area (Å²) in [5.74, 6) is -0.979. The predicted octanol–water partition coefficient (Wildman–Crippen LogP) is 3.64. The van der Waals surface area contributed by atoms with Gasteiger partial charge in [-0.1, -0.05) is 22.0 Å². The number of hydrogen-bond donors (Lipinski definition) is 0. The quantitative estimate of drug-likeness (QED) is 0.813. The molecule has 1 heterocycles. The van der Waals surface area contributed by atoms with E-state index >= 15 is 0 Å². The van der Waals surface area contributed by atoms with Crippen molar-refractivity contribution in [2.24, 2.45) is 0 Å². The fraction of sp³-hybridized carbons (Fsp3) is 0.133. The van der Waals surface area contributed by atoms with E-state index in [1.807, 2.05) is 13.0 Å². The number of aryl methyl sites for hydroxylation is 1. The van der Waals surface area contributed by atoms with Crippen LogP contribution in [0.25, 0.3) is 0 Å². The Bertz CT molecular complexity index is 647. The number of nitriles is 1. The zero-order chi connectivity index (χ0) is 13.8. The van der Waals surface area contributed by atoms with Crippen molar-refractivity contribution in [3.63, 3.8) is 0 Å². The van der Waals surface area contributed by atoms with Crippen LogP contribution in [-0.4, -0.2) is 10.8 Å². The molecule has 0 spiro atoms. The highest BCUT2D eigenvalue weighted by atomic mass is 79.9. The maximum absolute atomic E-state index is 12.4. The first-order valence-corrected chi connectivity index (χ1v) is 6.52. The van der Waals surface area contributed by atoms with Gasteiger partial charge in [-0.3, -0.25) is 9.78 Å².